The summed E-state index contributed by atoms with van der Waals surface area (Å²) in [7, 11) is -1.94. The average molecular weight is 329 g/mol. The number of halogens is 2. The summed E-state index contributed by atoms with van der Waals surface area (Å²) in [5.74, 6) is 0.372. The maximum absolute atomic E-state index is 11.5. The second kappa shape index (κ2) is 5.75. The molecule has 0 fully saturated rings. The summed E-state index contributed by atoms with van der Waals surface area (Å²) in [5, 5.41) is 0. The van der Waals surface area contributed by atoms with Gasteiger partial charge < -0.3 is 4.74 Å². The third-order valence-electron chi connectivity index (χ3n) is 1.77. The van der Waals surface area contributed by atoms with Crippen LogP contribution in [0.1, 0.15) is 0 Å². The highest BCUT2D eigenvalue weighted by atomic mass is 79.9. The molecule has 0 atom stereocenters. The quantitative estimate of drug-likeness (QED) is 0.845. The number of hydrogen-bond donors (Lipinski definition) is 1. The second-order valence-corrected chi connectivity index (χ2v) is 6.09. The van der Waals surface area contributed by atoms with Crippen molar-refractivity contribution < 1.29 is 13.2 Å². The molecule has 0 aliphatic heterocycles. The van der Waals surface area contributed by atoms with Crippen LogP contribution < -0.4 is 9.46 Å². The van der Waals surface area contributed by atoms with Gasteiger partial charge in [0.25, 0.3) is 0 Å². The van der Waals surface area contributed by atoms with E-state index in [-0.39, 0.29) is 11.6 Å². The fourth-order valence-electron chi connectivity index (χ4n) is 1.08. The Bertz CT molecular complexity index is 464. The molecule has 0 spiro atoms. The van der Waals surface area contributed by atoms with Crippen LogP contribution in [0.2, 0.25) is 0 Å². The third-order valence-corrected chi connectivity index (χ3v) is 3.95. The lowest BCUT2D eigenvalue weighted by Gasteiger charge is -2.11. The minimum absolute atomic E-state index is 0.0473. The van der Waals surface area contributed by atoms with Crippen LogP contribution in [0.15, 0.2) is 22.7 Å². The van der Waals surface area contributed by atoms with Crippen molar-refractivity contribution in [1.82, 2.24) is 0 Å². The molecule has 1 aromatic carbocycles. The molecule has 1 rings (SSSR count). The zero-order valence-corrected chi connectivity index (χ0v) is 11.7. The molecule has 0 unspecified atom stereocenters. The highest BCUT2D eigenvalue weighted by Gasteiger charge is 2.12. The summed E-state index contributed by atoms with van der Waals surface area (Å²) < 4.78 is 31.2. The monoisotopic (exact) mass is 327 g/mol. The van der Waals surface area contributed by atoms with Gasteiger partial charge in [-0.1, -0.05) is 15.9 Å². The smallest absolute Gasteiger partial charge is 0.234 e. The molecule has 0 aromatic heterocycles. The lowest BCUT2D eigenvalue weighted by Crippen LogP contribution is -2.18. The minimum Gasteiger partial charge on any atom is -0.495 e. The topological polar surface area (TPSA) is 55.4 Å². The second-order valence-electron chi connectivity index (χ2n) is 2.95. The predicted molar refractivity (Wildman–Crippen MR) is 68.8 cm³/mol. The number of ether oxygens (including phenoxy) is 1. The molecule has 16 heavy (non-hydrogen) atoms. The lowest BCUT2D eigenvalue weighted by atomic mass is 10.3. The summed E-state index contributed by atoms with van der Waals surface area (Å²) in [6.07, 6.45) is 0. The van der Waals surface area contributed by atoms with E-state index in [0.717, 1.165) is 4.47 Å². The zero-order chi connectivity index (χ0) is 12.2. The van der Waals surface area contributed by atoms with Gasteiger partial charge in [-0.2, -0.15) is 0 Å². The van der Waals surface area contributed by atoms with E-state index in [1.165, 1.54) is 7.11 Å². The number of methoxy groups -OCH3 is 1. The molecule has 7 heteroatoms. The third kappa shape index (κ3) is 3.84. The van der Waals surface area contributed by atoms with Crippen LogP contribution in [0.3, 0.4) is 0 Å². The fraction of sp³-hybridized carbons (Fsp3) is 0.333. The van der Waals surface area contributed by atoms with Gasteiger partial charge in [0.1, 0.15) is 5.75 Å². The Morgan fingerprint density at radius 1 is 1.50 bits per heavy atom. The molecule has 0 saturated carbocycles. The first-order chi connectivity index (χ1) is 7.48. The van der Waals surface area contributed by atoms with Crippen LogP contribution in [0, 0.1) is 0 Å². The molecule has 0 heterocycles. The van der Waals surface area contributed by atoms with Gasteiger partial charge in [0.2, 0.25) is 10.0 Å². The van der Waals surface area contributed by atoms with Crippen molar-refractivity contribution >= 4 is 43.2 Å². The first kappa shape index (κ1) is 13.6. The maximum atomic E-state index is 11.5. The first-order valence-electron chi connectivity index (χ1n) is 4.38. The molecule has 4 nitrogen and oxygen atoms in total. The number of sulfonamides is 1. The van der Waals surface area contributed by atoms with E-state index in [1.807, 2.05) is 0 Å². The number of nitrogens with one attached hydrogen (secondary N) is 1. The summed E-state index contributed by atoms with van der Waals surface area (Å²) in [6.45, 7) is 0. The summed E-state index contributed by atoms with van der Waals surface area (Å²) >= 11 is 8.65. The number of anilines is 1. The molecule has 0 aliphatic carbocycles. The number of rotatable bonds is 5. The SMILES string of the molecule is COc1ccc(Br)cc1NS(=O)(=O)CCCl. The molecular formula is C9H11BrClNO3S. The Morgan fingerprint density at radius 2 is 2.19 bits per heavy atom. The van der Waals surface area contributed by atoms with Crippen LogP contribution in [0.25, 0.3) is 0 Å². The van der Waals surface area contributed by atoms with Crippen LogP contribution in [0.5, 0.6) is 5.75 Å². The molecule has 0 radical (unpaired) electrons. The molecule has 0 bridgehead atoms. The van der Waals surface area contributed by atoms with Crippen molar-refractivity contribution in [2.75, 3.05) is 23.5 Å². The van der Waals surface area contributed by atoms with E-state index in [4.69, 9.17) is 16.3 Å². The predicted octanol–water partition coefficient (Wildman–Crippen LogP) is 2.44. The van der Waals surface area contributed by atoms with Gasteiger partial charge in [0.05, 0.1) is 18.6 Å². The van der Waals surface area contributed by atoms with Gasteiger partial charge in [-0.25, -0.2) is 8.42 Å². The minimum atomic E-state index is -3.42. The van der Waals surface area contributed by atoms with Gasteiger partial charge in [-0.3, -0.25) is 4.72 Å². The van der Waals surface area contributed by atoms with Gasteiger partial charge in [-0.05, 0) is 18.2 Å². The molecule has 1 aromatic rings. The normalized spacial score (nSPS) is 11.2. The Kier molecular flexibility index (Phi) is 4.89. The van der Waals surface area contributed by atoms with Crippen molar-refractivity contribution in [1.29, 1.82) is 0 Å². The maximum Gasteiger partial charge on any atom is 0.234 e. The summed E-state index contributed by atoms with van der Waals surface area (Å²) in [5.41, 5.74) is 0.391. The molecule has 0 aliphatic rings. The molecule has 1 N–H and O–H groups in total. The van der Waals surface area contributed by atoms with Gasteiger partial charge in [0.15, 0.2) is 0 Å². The Morgan fingerprint density at radius 3 is 2.75 bits per heavy atom. The average Bonchev–Trinajstić information content (AvgIpc) is 2.17. The van der Waals surface area contributed by atoms with Gasteiger partial charge in [0, 0.05) is 10.4 Å². The van der Waals surface area contributed by atoms with E-state index in [0.29, 0.717) is 11.4 Å². The van der Waals surface area contributed by atoms with E-state index in [9.17, 15) is 8.42 Å². The van der Waals surface area contributed by atoms with Gasteiger partial charge >= 0.3 is 0 Å². The van der Waals surface area contributed by atoms with Crippen molar-refractivity contribution in [3.63, 3.8) is 0 Å². The van der Waals surface area contributed by atoms with Crippen LogP contribution in [-0.4, -0.2) is 27.2 Å². The molecule has 0 saturated heterocycles. The lowest BCUT2D eigenvalue weighted by molar-refractivity contribution is 0.417. The van der Waals surface area contributed by atoms with E-state index in [1.54, 1.807) is 18.2 Å². The number of benzene rings is 1. The highest BCUT2D eigenvalue weighted by molar-refractivity contribution is 9.10. The number of alkyl halides is 1. The summed E-state index contributed by atoms with van der Waals surface area (Å²) in [4.78, 5) is 0. The first-order valence-corrected chi connectivity index (χ1v) is 7.36. The number of hydrogen-bond acceptors (Lipinski definition) is 3. The van der Waals surface area contributed by atoms with Crippen molar-refractivity contribution in [3.05, 3.63) is 22.7 Å². The Labute approximate surface area is 108 Å². The van der Waals surface area contributed by atoms with Crippen LogP contribution >= 0.6 is 27.5 Å². The standard InChI is InChI=1S/C9H11BrClNO3S/c1-15-9-3-2-7(10)6-8(9)12-16(13,14)5-4-11/h2-3,6,12H,4-5H2,1H3. The van der Waals surface area contributed by atoms with Crippen LogP contribution in [0.4, 0.5) is 5.69 Å². The Balaban J connectivity index is 3.00. The zero-order valence-electron chi connectivity index (χ0n) is 8.54. The van der Waals surface area contributed by atoms with E-state index in [2.05, 4.69) is 20.7 Å². The molecule has 0 amide bonds. The van der Waals surface area contributed by atoms with Crippen molar-refractivity contribution in [3.8, 4) is 5.75 Å². The van der Waals surface area contributed by atoms with E-state index < -0.39 is 10.0 Å². The summed E-state index contributed by atoms with van der Waals surface area (Å²) in [6, 6.07) is 5.06. The Hall–Kier alpha value is -0.460. The fourth-order valence-corrected chi connectivity index (χ4v) is 2.85. The van der Waals surface area contributed by atoms with Crippen LogP contribution in [-0.2, 0) is 10.0 Å². The van der Waals surface area contributed by atoms with Crippen molar-refractivity contribution in [2.24, 2.45) is 0 Å². The van der Waals surface area contributed by atoms with Gasteiger partial charge in [-0.15, -0.1) is 11.6 Å². The molecular weight excluding hydrogens is 318 g/mol. The van der Waals surface area contributed by atoms with E-state index >= 15 is 0 Å². The largest absolute Gasteiger partial charge is 0.495 e. The van der Waals surface area contributed by atoms with Crippen molar-refractivity contribution in [2.45, 2.75) is 0 Å². The molecule has 90 valence electrons. The highest BCUT2D eigenvalue weighted by Crippen LogP contribution is 2.28.